The van der Waals surface area contributed by atoms with Crippen LogP contribution in [0.3, 0.4) is 0 Å². The number of allylic oxidation sites excluding steroid dienone is 1. The van der Waals surface area contributed by atoms with Crippen molar-refractivity contribution in [2.75, 3.05) is 20.8 Å². The van der Waals surface area contributed by atoms with E-state index in [1.807, 2.05) is 24.3 Å². The lowest BCUT2D eigenvalue weighted by molar-refractivity contribution is -0.171. The SMILES string of the molecule is COc1ccc(CCC(=O)O[C@@H]2CC[C@]3(CO3)[C@@H]([C@@]3(C)O[C@@H]3CC=C(C)C)[C@@H]2OC)cc1. The zero-order chi connectivity index (χ0) is 22.9. The second-order valence-electron chi connectivity index (χ2n) is 9.75. The summed E-state index contributed by atoms with van der Waals surface area (Å²) in [4.78, 5) is 12.7. The van der Waals surface area contributed by atoms with Crippen LogP contribution in [0.1, 0.15) is 52.0 Å². The van der Waals surface area contributed by atoms with E-state index >= 15 is 0 Å². The third kappa shape index (κ3) is 4.73. The summed E-state index contributed by atoms with van der Waals surface area (Å²) < 4.78 is 29.3. The predicted molar refractivity (Wildman–Crippen MR) is 121 cm³/mol. The largest absolute Gasteiger partial charge is 0.497 e. The van der Waals surface area contributed by atoms with Crippen LogP contribution in [-0.4, -0.2) is 56.3 Å². The molecule has 6 atom stereocenters. The van der Waals surface area contributed by atoms with Crippen LogP contribution in [0, 0.1) is 5.92 Å². The standard InChI is InChI=1S/C26H36O6/c1-17(2)6-12-21-25(3,32-21)24-23(29-5)20(14-15-26(24)16-30-26)31-22(27)13-9-18-7-10-19(28-4)11-8-18/h6-8,10-11,20-21,23-24H,9,12-16H2,1-5H3/t20-,21-,23-,24-,25+,26+/m1/s1. The van der Waals surface area contributed by atoms with E-state index in [9.17, 15) is 4.79 Å². The van der Waals surface area contributed by atoms with Gasteiger partial charge < -0.3 is 23.7 Å². The quantitative estimate of drug-likeness (QED) is 0.322. The van der Waals surface area contributed by atoms with Crippen molar-refractivity contribution >= 4 is 5.97 Å². The van der Waals surface area contributed by atoms with Crippen molar-refractivity contribution in [2.24, 2.45) is 5.92 Å². The second-order valence-corrected chi connectivity index (χ2v) is 9.75. The first-order chi connectivity index (χ1) is 15.3. The summed E-state index contributed by atoms with van der Waals surface area (Å²) >= 11 is 0. The first-order valence-electron chi connectivity index (χ1n) is 11.6. The molecule has 0 aromatic heterocycles. The molecule has 3 aliphatic rings. The van der Waals surface area contributed by atoms with Crippen molar-refractivity contribution in [1.82, 2.24) is 0 Å². The molecule has 1 saturated carbocycles. The number of carbonyl (C=O) groups excluding carboxylic acids is 1. The van der Waals surface area contributed by atoms with E-state index in [0.717, 1.165) is 37.2 Å². The van der Waals surface area contributed by atoms with Crippen LogP contribution in [0.25, 0.3) is 0 Å². The minimum absolute atomic E-state index is 0.0451. The van der Waals surface area contributed by atoms with Crippen molar-refractivity contribution < 1.29 is 28.5 Å². The van der Waals surface area contributed by atoms with Crippen LogP contribution in [-0.2, 0) is 30.2 Å². The summed E-state index contributed by atoms with van der Waals surface area (Å²) in [6.07, 6.45) is 5.31. The van der Waals surface area contributed by atoms with Gasteiger partial charge in [0, 0.05) is 13.5 Å². The molecule has 1 spiro atoms. The predicted octanol–water partition coefficient (Wildman–Crippen LogP) is 4.25. The van der Waals surface area contributed by atoms with Crippen LogP contribution in [0.2, 0.25) is 0 Å². The third-order valence-corrected chi connectivity index (χ3v) is 7.30. The zero-order valence-corrected chi connectivity index (χ0v) is 19.9. The Kier molecular flexibility index (Phi) is 6.66. The van der Waals surface area contributed by atoms with Crippen molar-refractivity contribution in [3.63, 3.8) is 0 Å². The van der Waals surface area contributed by atoms with Gasteiger partial charge >= 0.3 is 5.97 Å². The van der Waals surface area contributed by atoms with Crippen LogP contribution in [0.15, 0.2) is 35.9 Å². The lowest BCUT2D eigenvalue weighted by Gasteiger charge is -2.42. The fourth-order valence-corrected chi connectivity index (χ4v) is 5.34. The van der Waals surface area contributed by atoms with Gasteiger partial charge in [-0.3, -0.25) is 4.79 Å². The fourth-order valence-electron chi connectivity index (χ4n) is 5.34. The molecule has 1 aliphatic carbocycles. The van der Waals surface area contributed by atoms with Gasteiger partial charge in [0.1, 0.15) is 29.2 Å². The number of hydrogen-bond donors (Lipinski definition) is 0. The molecule has 176 valence electrons. The van der Waals surface area contributed by atoms with E-state index in [0.29, 0.717) is 12.8 Å². The minimum Gasteiger partial charge on any atom is -0.497 e. The molecule has 0 radical (unpaired) electrons. The molecule has 0 unspecified atom stereocenters. The molecule has 1 aromatic carbocycles. The molecule has 4 rings (SSSR count). The van der Waals surface area contributed by atoms with Crippen LogP contribution in [0.4, 0.5) is 0 Å². The smallest absolute Gasteiger partial charge is 0.306 e. The molecule has 32 heavy (non-hydrogen) atoms. The lowest BCUT2D eigenvalue weighted by Crippen LogP contribution is -2.55. The van der Waals surface area contributed by atoms with E-state index in [2.05, 4.69) is 26.8 Å². The molecule has 3 fully saturated rings. The third-order valence-electron chi connectivity index (χ3n) is 7.30. The Labute approximate surface area is 191 Å². The fraction of sp³-hybridized carbons (Fsp3) is 0.654. The summed E-state index contributed by atoms with van der Waals surface area (Å²) in [5, 5.41) is 0. The molecule has 2 heterocycles. The monoisotopic (exact) mass is 444 g/mol. The van der Waals surface area contributed by atoms with Crippen LogP contribution in [0.5, 0.6) is 5.75 Å². The van der Waals surface area contributed by atoms with Crippen LogP contribution < -0.4 is 4.74 Å². The normalized spacial score (nSPS) is 35.3. The molecule has 0 amide bonds. The van der Waals surface area contributed by atoms with Gasteiger partial charge in [-0.05, 0) is 64.2 Å². The Morgan fingerprint density at radius 3 is 2.53 bits per heavy atom. The van der Waals surface area contributed by atoms with Gasteiger partial charge in [0.05, 0.1) is 25.7 Å². The molecule has 0 N–H and O–H groups in total. The average Bonchev–Trinajstić information content (AvgIpc) is 3.69. The highest BCUT2D eigenvalue weighted by Crippen LogP contribution is 2.59. The van der Waals surface area contributed by atoms with Crippen LogP contribution >= 0.6 is 0 Å². The number of methoxy groups -OCH3 is 2. The van der Waals surface area contributed by atoms with E-state index < -0.39 is 0 Å². The highest BCUT2D eigenvalue weighted by atomic mass is 16.6. The number of aryl methyl sites for hydroxylation is 1. The van der Waals surface area contributed by atoms with Gasteiger partial charge in [-0.2, -0.15) is 0 Å². The molecule has 2 saturated heterocycles. The summed E-state index contributed by atoms with van der Waals surface area (Å²) in [5.41, 5.74) is 1.84. The Bertz CT molecular complexity index is 838. The Balaban J connectivity index is 1.39. The molecule has 1 aromatic rings. The molecule has 6 heteroatoms. The van der Waals surface area contributed by atoms with Crippen molar-refractivity contribution in [1.29, 1.82) is 0 Å². The van der Waals surface area contributed by atoms with Gasteiger partial charge in [0.2, 0.25) is 0 Å². The minimum atomic E-state index is -0.322. The summed E-state index contributed by atoms with van der Waals surface area (Å²) in [5.74, 6) is 0.661. The van der Waals surface area contributed by atoms with Crippen molar-refractivity contribution in [3.05, 3.63) is 41.5 Å². The Morgan fingerprint density at radius 2 is 1.94 bits per heavy atom. The Hall–Kier alpha value is -1.89. The van der Waals surface area contributed by atoms with E-state index in [1.165, 1.54) is 5.57 Å². The van der Waals surface area contributed by atoms with E-state index in [4.69, 9.17) is 23.7 Å². The maximum absolute atomic E-state index is 12.7. The molecule has 6 nitrogen and oxygen atoms in total. The number of ether oxygens (including phenoxy) is 5. The topological polar surface area (TPSA) is 69.8 Å². The van der Waals surface area contributed by atoms with Gasteiger partial charge in [0.15, 0.2) is 0 Å². The summed E-state index contributed by atoms with van der Waals surface area (Å²) in [6.45, 7) is 7.09. The summed E-state index contributed by atoms with van der Waals surface area (Å²) in [7, 11) is 3.35. The summed E-state index contributed by atoms with van der Waals surface area (Å²) in [6, 6.07) is 7.77. The number of epoxide rings is 2. The number of hydrogen-bond acceptors (Lipinski definition) is 6. The van der Waals surface area contributed by atoms with Crippen molar-refractivity contribution in [2.45, 2.75) is 82.4 Å². The molecular formula is C26H36O6. The first-order valence-corrected chi connectivity index (χ1v) is 11.6. The number of carbonyl (C=O) groups is 1. The highest BCUT2D eigenvalue weighted by Gasteiger charge is 2.72. The van der Waals surface area contributed by atoms with Crippen molar-refractivity contribution in [3.8, 4) is 5.75 Å². The van der Waals surface area contributed by atoms with Gasteiger partial charge in [-0.25, -0.2) is 0 Å². The Morgan fingerprint density at radius 1 is 1.22 bits per heavy atom. The molecule has 2 aliphatic heterocycles. The van der Waals surface area contributed by atoms with Gasteiger partial charge in [-0.15, -0.1) is 0 Å². The van der Waals surface area contributed by atoms with Gasteiger partial charge in [0.25, 0.3) is 0 Å². The van der Waals surface area contributed by atoms with E-state index in [-0.39, 0.29) is 41.4 Å². The number of benzene rings is 1. The zero-order valence-electron chi connectivity index (χ0n) is 19.9. The highest BCUT2D eigenvalue weighted by molar-refractivity contribution is 5.70. The maximum atomic E-state index is 12.7. The lowest BCUT2D eigenvalue weighted by atomic mass is 9.68. The van der Waals surface area contributed by atoms with E-state index in [1.54, 1.807) is 14.2 Å². The average molecular weight is 445 g/mol. The number of esters is 1. The second kappa shape index (κ2) is 9.16. The van der Waals surface area contributed by atoms with Gasteiger partial charge in [-0.1, -0.05) is 23.8 Å². The molecular weight excluding hydrogens is 408 g/mol. The molecule has 0 bridgehead atoms. The number of rotatable bonds is 9. The maximum Gasteiger partial charge on any atom is 0.306 e. The first kappa shape index (κ1) is 23.3.